The van der Waals surface area contributed by atoms with Gasteiger partial charge in [0.25, 0.3) is 5.56 Å². The Bertz CT molecular complexity index is 1670. The van der Waals surface area contributed by atoms with E-state index in [9.17, 15) is 9.90 Å². The van der Waals surface area contributed by atoms with Crippen LogP contribution in [0.5, 0.6) is 0 Å². The third kappa shape index (κ3) is 3.74. The van der Waals surface area contributed by atoms with Crippen molar-refractivity contribution in [2.45, 2.75) is 26.2 Å². The van der Waals surface area contributed by atoms with Crippen LogP contribution in [0.15, 0.2) is 77.9 Å². The summed E-state index contributed by atoms with van der Waals surface area (Å²) in [6.45, 7) is 2.60. The molecule has 5 aromatic rings. The van der Waals surface area contributed by atoms with E-state index in [1.54, 1.807) is 34.1 Å². The summed E-state index contributed by atoms with van der Waals surface area (Å²) in [7, 11) is 0. The highest BCUT2D eigenvalue weighted by Gasteiger charge is 2.26. The van der Waals surface area contributed by atoms with Crippen LogP contribution in [0.4, 0.5) is 0 Å². The van der Waals surface area contributed by atoms with E-state index in [0.29, 0.717) is 33.8 Å². The average Bonchev–Trinajstić information content (AvgIpc) is 3.41. The Hall–Kier alpha value is -4.08. The molecule has 1 atom stereocenters. The Labute approximate surface area is 204 Å². The van der Waals surface area contributed by atoms with Crippen LogP contribution in [0, 0.1) is 0 Å². The summed E-state index contributed by atoms with van der Waals surface area (Å²) < 4.78 is 4.55. The maximum Gasteiger partial charge on any atom is 0.283 e. The quantitative estimate of drug-likeness (QED) is 0.411. The van der Waals surface area contributed by atoms with Crippen LogP contribution in [0.25, 0.3) is 27.1 Å². The van der Waals surface area contributed by atoms with Gasteiger partial charge in [0.15, 0.2) is 0 Å². The van der Waals surface area contributed by atoms with Gasteiger partial charge < -0.3 is 10.0 Å². The zero-order valence-electron chi connectivity index (χ0n) is 18.9. The molecule has 1 N–H and O–H groups in total. The smallest absolute Gasteiger partial charge is 0.283 e. The number of thiazole rings is 1. The summed E-state index contributed by atoms with van der Waals surface area (Å²) in [6.07, 6.45) is 4.12. The molecule has 4 heterocycles. The third-order valence-corrected chi connectivity index (χ3v) is 7.18. The summed E-state index contributed by atoms with van der Waals surface area (Å²) in [6, 6.07) is 19.6. The van der Waals surface area contributed by atoms with Gasteiger partial charge in [0, 0.05) is 18.1 Å². The lowest BCUT2D eigenvalue weighted by Crippen LogP contribution is -2.49. The van der Waals surface area contributed by atoms with Crippen molar-refractivity contribution in [3.05, 3.63) is 105 Å². The third-order valence-electron chi connectivity index (χ3n) is 6.17. The van der Waals surface area contributed by atoms with E-state index in [2.05, 4.69) is 9.97 Å². The fourth-order valence-electron chi connectivity index (χ4n) is 4.47. The van der Waals surface area contributed by atoms with Gasteiger partial charge in [-0.25, -0.2) is 15.0 Å². The first-order valence-electron chi connectivity index (χ1n) is 11.3. The van der Waals surface area contributed by atoms with Gasteiger partial charge in [0.1, 0.15) is 12.1 Å². The normalized spacial score (nSPS) is 15.3. The van der Waals surface area contributed by atoms with Crippen molar-refractivity contribution >= 4 is 33.3 Å². The number of aliphatic hydroxyl groups is 1. The fraction of sp³-hybridized carbons (Fsp3) is 0.154. The molecule has 0 radical (unpaired) electrons. The van der Waals surface area contributed by atoms with E-state index >= 15 is 0 Å². The van der Waals surface area contributed by atoms with Crippen molar-refractivity contribution in [1.82, 2.24) is 29.2 Å². The molecule has 8 nitrogen and oxygen atoms in total. The molecular formula is C26H22N6O2S. The van der Waals surface area contributed by atoms with E-state index in [0.717, 1.165) is 15.8 Å². The largest absolute Gasteiger partial charge is 0.370 e. The molecule has 3 aromatic heterocycles. The number of nitrogens with zero attached hydrogens (tertiary/aromatic N) is 6. The van der Waals surface area contributed by atoms with Gasteiger partial charge in [-0.3, -0.25) is 9.48 Å². The van der Waals surface area contributed by atoms with Gasteiger partial charge in [-0.05, 0) is 36.8 Å². The van der Waals surface area contributed by atoms with Crippen LogP contribution in [0.2, 0.25) is 0 Å². The number of benzene rings is 2. The molecule has 0 saturated heterocycles. The van der Waals surface area contributed by atoms with Crippen molar-refractivity contribution in [3.63, 3.8) is 0 Å². The maximum absolute atomic E-state index is 13.9. The number of rotatable bonds is 5. The summed E-state index contributed by atoms with van der Waals surface area (Å²) in [4.78, 5) is 29.0. The van der Waals surface area contributed by atoms with Crippen LogP contribution in [-0.4, -0.2) is 40.5 Å². The molecule has 1 aliphatic rings. The monoisotopic (exact) mass is 482 g/mol. The Balaban J connectivity index is 1.59. The first kappa shape index (κ1) is 21.5. The molecule has 0 saturated carbocycles. The number of aromatic nitrogens is 5. The first-order valence-corrected chi connectivity index (χ1v) is 12.1. The lowest BCUT2D eigenvalue weighted by atomic mass is 10.2. The number of fused-ring (bicyclic) bond motifs is 2. The Morgan fingerprint density at radius 1 is 0.971 bits per heavy atom. The van der Waals surface area contributed by atoms with E-state index in [4.69, 9.17) is 4.98 Å². The van der Waals surface area contributed by atoms with Crippen molar-refractivity contribution in [2.24, 2.45) is 0 Å². The second-order valence-electron chi connectivity index (χ2n) is 8.34. The molecule has 0 aliphatic carbocycles. The molecular weight excluding hydrogens is 460 g/mol. The van der Waals surface area contributed by atoms with Gasteiger partial charge in [-0.2, -0.15) is 4.68 Å². The Morgan fingerprint density at radius 3 is 2.49 bits per heavy atom. The van der Waals surface area contributed by atoms with Crippen LogP contribution < -0.4 is 16.1 Å². The summed E-state index contributed by atoms with van der Waals surface area (Å²) in [5.74, 6) is 0.568. The maximum atomic E-state index is 13.9. The lowest BCUT2D eigenvalue weighted by Gasteiger charge is -2.30. The van der Waals surface area contributed by atoms with Crippen LogP contribution in [-0.2, 0) is 13.1 Å². The van der Waals surface area contributed by atoms with Crippen molar-refractivity contribution in [1.29, 1.82) is 0 Å². The standard InChI is InChI=1S/C26H22N6O2S/c1-17-24-20(14-23(33)30(17)16-22-27-12-7-13-28-22)31(15-18-8-3-2-4-9-18)32(25(24)34)26-29-19-10-5-6-11-21(19)35-26/h2-14,23,33H,15-16H2,1H3. The van der Waals surface area contributed by atoms with E-state index in [-0.39, 0.29) is 12.1 Å². The van der Waals surface area contributed by atoms with Crippen LogP contribution in [0.1, 0.15) is 18.3 Å². The minimum atomic E-state index is -0.932. The molecule has 35 heavy (non-hydrogen) atoms. The topological polar surface area (TPSA) is 89.1 Å². The number of aliphatic hydroxyl groups excluding tert-OH is 1. The molecule has 0 bridgehead atoms. The lowest BCUT2D eigenvalue weighted by molar-refractivity contribution is 0.0904. The van der Waals surface area contributed by atoms with Crippen molar-refractivity contribution in [3.8, 4) is 5.13 Å². The summed E-state index contributed by atoms with van der Waals surface area (Å²) in [5, 5.41) is 12.9. The zero-order valence-corrected chi connectivity index (χ0v) is 19.8. The highest BCUT2D eigenvalue weighted by atomic mass is 32.1. The summed E-state index contributed by atoms with van der Waals surface area (Å²) in [5.41, 5.74) is 2.39. The molecule has 0 fully saturated rings. The Morgan fingerprint density at radius 2 is 1.71 bits per heavy atom. The highest BCUT2D eigenvalue weighted by molar-refractivity contribution is 7.20. The zero-order chi connectivity index (χ0) is 23.9. The predicted molar refractivity (Wildman–Crippen MR) is 135 cm³/mol. The minimum absolute atomic E-state index is 0.172. The van der Waals surface area contributed by atoms with Gasteiger partial charge >= 0.3 is 0 Å². The SMILES string of the molecule is CC1=c2c(n(Cc3ccccc3)n(-c3nc4ccccc4s3)c2=O)=CC(O)N1Cc1ncccn1. The van der Waals surface area contributed by atoms with Crippen LogP contribution in [0.3, 0.4) is 0 Å². The molecule has 6 rings (SSSR count). The molecule has 1 unspecified atom stereocenters. The fourth-order valence-corrected chi connectivity index (χ4v) is 5.45. The average molecular weight is 483 g/mol. The molecule has 0 amide bonds. The number of hydrogen-bond acceptors (Lipinski definition) is 7. The molecule has 2 aromatic carbocycles. The molecule has 0 spiro atoms. The number of para-hydroxylation sites is 1. The van der Waals surface area contributed by atoms with E-state index in [1.807, 2.05) is 66.2 Å². The van der Waals surface area contributed by atoms with Gasteiger partial charge in [0.2, 0.25) is 5.13 Å². The van der Waals surface area contributed by atoms with Crippen LogP contribution >= 0.6 is 11.3 Å². The number of hydrogen-bond donors (Lipinski definition) is 1. The highest BCUT2D eigenvalue weighted by Crippen LogP contribution is 2.24. The molecule has 1 aliphatic heterocycles. The van der Waals surface area contributed by atoms with Gasteiger partial charge in [0.05, 0.1) is 33.9 Å². The van der Waals surface area contributed by atoms with Crippen molar-refractivity contribution < 1.29 is 5.11 Å². The van der Waals surface area contributed by atoms with Gasteiger partial charge in [-0.15, -0.1) is 0 Å². The second-order valence-corrected chi connectivity index (χ2v) is 9.35. The van der Waals surface area contributed by atoms with E-state index < -0.39 is 6.23 Å². The first-order chi connectivity index (χ1) is 17.1. The van der Waals surface area contributed by atoms with E-state index in [1.165, 1.54) is 11.3 Å². The molecule has 9 heteroatoms. The van der Waals surface area contributed by atoms with Gasteiger partial charge in [-0.1, -0.05) is 53.8 Å². The van der Waals surface area contributed by atoms with Crippen molar-refractivity contribution in [2.75, 3.05) is 0 Å². The second kappa shape index (κ2) is 8.61. The molecule has 174 valence electrons. The Kier molecular flexibility index (Phi) is 5.28. The minimum Gasteiger partial charge on any atom is -0.370 e. The predicted octanol–water partition coefficient (Wildman–Crippen LogP) is 1.83. The summed E-state index contributed by atoms with van der Waals surface area (Å²) >= 11 is 1.47.